The second-order valence-corrected chi connectivity index (χ2v) is 4.10. The smallest absolute Gasteiger partial charge is 0.246 e. The average Bonchev–Trinajstić information content (AvgIpc) is 2.44. The van der Waals surface area contributed by atoms with Gasteiger partial charge >= 0.3 is 0 Å². The first-order valence-corrected chi connectivity index (χ1v) is 5.87. The predicted octanol–water partition coefficient (Wildman–Crippen LogP) is 3.37. The van der Waals surface area contributed by atoms with Crippen molar-refractivity contribution < 1.29 is 9.53 Å². The van der Waals surface area contributed by atoms with Crippen molar-refractivity contribution in [3.05, 3.63) is 48.5 Å². The average molecular weight is 250 g/mol. The molecule has 0 fully saturated rings. The SMILES string of the molecule is N#CCC(=O)N1c2ccccc2Oc2ccccc21. The van der Waals surface area contributed by atoms with Gasteiger partial charge in [0.1, 0.15) is 6.42 Å². The van der Waals surface area contributed by atoms with Crippen LogP contribution < -0.4 is 9.64 Å². The summed E-state index contributed by atoms with van der Waals surface area (Å²) in [4.78, 5) is 13.7. The Morgan fingerprint density at radius 3 is 2.11 bits per heavy atom. The normalized spacial score (nSPS) is 11.8. The van der Waals surface area contributed by atoms with Crippen LogP contribution in [-0.4, -0.2) is 5.91 Å². The van der Waals surface area contributed by atoms with Crippen molar-refractivity contribution in [1.82, 2.24) is 0 Å². The molecule has 1 amide bonds. The highest BCUT2D eigenvalue weighted by molar-refractivity contribution is 6.05. The molecule has 0 saturated heterocycles. The van der Waals surface area contributed by atoms with E-state index in [0.29, 0.717) is 22.9 Å². The molecule has 4 nitrogen and oxygen atoms in total. The molecule has 0 radical (unpaired) electrons. The molecule has 0 spiro atoms. The van der Waals surface area contributed by atoms with Gasteiger partial charge in [-0.05, 0) is 24.3 Å². The Balaban J connectivity index is 2.17. The molecule has 19 heavy (non-hydrogen) atoms. The summed E-state index contributed by atoms with van der Waals surface area (Å²) in [5, 5.41) is 8.73. The summed E-state index contributed by atoms with van der Waals surface area (Å²) in [6, 6.07) is 16.5. The van der Waals surface area contributed by atoms with Gasteiger partial charge in [0, 0.05) is 0 Å². The lowest BCUT2D eigenvalue weighted by atomic mass is 10.1. The van der Waals surface area contributed by atoms with Crippen LogP contribution in [0.3, 0.4) is 0 Å². The minimum absolute atomic E-state index is 0.164. The Labute approximate surface area is 110 Å². The van der Waals surface area contributed by atoms with Crippen LogP contribution in [0.25, 0.3) is 0 Å². The number of nitriles is 1. The summed E-state index contributed by atoms with van der Waals surface area (Å²) in [6.45, 7) is 0. The van der Waals surface area contributed by atoms with E-state index >= 15 is 0 Å². The molecular formula is C15H10N2O2. The molecule has 92 valence electrons. The molecule has 0 unspecified atom stereocenters. The van der Waals surface area contributed by atoms with Crippen molar-refractivity contribution in [3.63, 3.8) is 0 Å². The van der Waals surface area contributed by atoms with Crippen molar-refractivity contribution in [2.24, 2.45) is 0 Å². The lowest BCUT2D eigenvalue weighted by molar-refractivity contribution is -0.117. The maximum Gasteiger partial charge on any atom is 0.246 e. The van der Waals surface area contributed by atoms with Gasteiger partial charge in [-0.15, -0.1) is 0 Å². The fraction of sp³-hybridized carbons (Fsp3) is 0.0667. The number of ether oxygens (including phenoxy) is 1. The number of para-hydroxylation sites is 4. The first-order valence-electron chi connectivity index (χ1n) is 5.87. The largest absolute Gasteiger partial charge is 0.453 e. The molecule has 3 rings (SSSR count). The fourth-order valence-corrected chi connectivity index (χ4v) is 2.12. The Morgan fingerprint density at radius 1 is 1.05 bits per heavy atom. The van der Waals surface area contributed by atoms with Crippen LogP contribution >= 0.6 is 0 Å². The zero-order valence-electron chi connectivity index (χ0n) is 10.0. The summed E-state index contributed by atoms with van der Waals surface area (Å²) >= 11 is 0. The van der Waals surface area contributed by atoms with Gasteiger partial charge in [-0.2, -0.15) is 5.26 Å². The highest BCUT2D eigenvalue weighted by atomic mass is 16.5. The van der Waals surface area contributed by atoms with E-state index in [1.165, 1.54) is 4.90 Å². The first-order chi connectivity index (χ1) is 9.31. The number of carbonyl (C=O) groups excluding carboxylic acids is 1. The summed E-state index contributed by atoms with van der Waals surface area (Å²) in [5.41, 5.74) is 1.34. The van der Waals surface area contributed by atoms with Crippen LogP contribution in [0.1, 0.15) is 6.42 Å². The molecule has 1 heterocycles. The number of hydrogen-bond acceptors (Lipinski definition) is 3. The van der Waals surface area contributed by atoms with Gasteiger partial charge in [-0.25, -0.2) is 0 Å². The van der Waals surface area contributed by atoms with Gasteiger partial charge in [0.2, 0.25) is 5.91 Å². The van der Waals surface area contributed by atoms with Crippen LogP contribution in [-0.2, 0) is 4.79 Å². The molecule has 0 N–H and O–H groups in total. The van der Waals surface area contributed by atoms with E-state index in [-0.39, 0.29) is 12.3 Å². The minimum Gasteiger partial charge on any atom is -0.453 e. The summed E-state index contributed by atoms with van der Waals surface area (Å²) < 4.78 is 5.76. The molecule has 2 aromatic carbocycles. The standard InChI is InChI=1S/C15H10N2O2/c16-10-9-15(18)17-11-5-1-3-7-13(11)19-14-8-4-2-6-12(14)17/h1-8H,9H2. The molecule has 0 atom stereocenters. The molecule has 0 bridgehead atoms. The van der Waals surface area contributed by atoms with Crippen LogP contribution in [0.4, 0.5) is 11.4 Å². The van der Waals surface area contributed by atoms with Gasteiger partial charge in [0.05, 0.1) is 17.4 Å². The highest BCUT2D eigenvalue weighted by Gasteiger charge is 2.28. The van der Waals surface area contributed by atoms with E-state index < -0.39 is 0 Å². The monoisotopic (exact) mass is 250 g/mol. The second-order valence-electron chi connectivity index (χ2n) is 4.10. The molecule has 1 aliphatic heterocycles. The third kappa shape index (κ3) is 1.81. The van der Waals surface area contributed by atoms with Gasteiger partial charge in [-0.1, -0.05) is 24.3 Å². The summed E-state index contributed by atoms with van der Waals surface area (Å²) in [7, 11) is 0. The Morgan fingerprint density at radius 2 is 1.58 bits per heavy atom. The van der Waals surface area contributed by atoms with E-state index in [2.05, 4.69) is 0 Å². The molecule has 4 heteroatoms. The van der Waals surface area contributed by atoms with E-state index in [4.69, 9.17) is 10.00 Å². The summed E-state index contributed by atoms with van der Waals surface area (Å²) in [6.07, 6.45) is -0.164. The Bertz CT molecular complexity index is 643. The van der Waals surface area contributed by atoms with Gasteiger partial charge < -0.3 is 4.74 Å². The number of rotatable bonds is 1. The lowest BCUT2D eigenvalue weighted by Gasteiger charge is -2.30. The number of amides is 1. The van der Waals surface area contributed by atoms with Crippen LogP contribution in [0.15, 0.2) is 48.5 Å². The highest BCUT2D eigenvalue weighted by Crippen LogP contribution is 2.46. The Kier molecular flexibility index (Phi) is 2.66. The van der Waals surface area contributed by atoms with E-state index in [1.54, 1.807) is 24.3 Å². The zero-order chi connectivity index (χ0) is 13.2. The quantitative estimate of drug-likeness (QED) is 0.779. The van der Waals surface area contributed by atoms with E-state index in [1.807, 2.05) is 30.3 Å². The van der Waals surface area contributed by atoms with Gasteiger partial charge in [0.25, 0.3) is 0 Å². The van der Waals surface area contributed by atoms with Gasteiger partial charge in [-0.3, -0.25) is 9.69 Å². The van der Waals surface area contributed by atoms with Crippen molar-refractivity contribution >= 4 is 17.3 Å². The Hall–Kier alpha value is -2.80. The van der Waals surface area contributed by atoms with Crippen molar-refractivity contribution in [3.8, 4) is 17.6 Å². The molecular weight excluding hydrogens is 240 g/mol. The number of hydrogen-bond donors (Lipinski definition) is 0. The minimum atomic E-state index is -0.259. The molecule has 1 aliphatic rings. The summed E-state index contributed by atoms with van der Waals surface area (Å²) in [5.74, 6) is 0.977. The second kappa shape index (κ2) is 4.46. The molecule has 0 aromatic heterocycles. The van der Waals surface area contributed by atoms with Crippen molar-refractivity contribution in [2.45, 2.75) is 6.42 Å². The third-order valence-electron chi connectivity index (χ3n) is 2.91. The fourth-order valence-electron chi connectivity index (χ4n) is 2.12. The van der Waals surface area contributed by atoms with Crippen LogP contribution in [0.2, 0.25) is 0 Å². The zero-order valence-corrected chi connectivity index (χ0v) is 10.0. The third-order valence-corrected chi connectivity index (χ3v) is 2.91. The molecule has 0 aliphatic carbocycles. The molecule has 0 saturated carbocycles. The lowest BCUT2D eigenvalue weighted by Crippen LogP contribution is -2.28. The topological polar surface area (TPSA) is 53.3 Å². The van der Waals surface area contributed by atoms with Crippen LogP contribution in [0.5, 0.6) is 11.5 Å². The predicted molar refractivity (Wildman–Crippen MR) is 70.3 cm³/mol. The van der Waals surface area contributed by atoms with Crippen molar-refractivity contribution in [2.75, 3.05) is 4.90 Å². The van der Waals surface area contributed by atoms with Gasteiger partial charge in [0.15, 0.2) is 11.5 Å². The molecule has 2 aromatic rings. The van der Waals surface area contributed by atoms with Crippen molar-refractivity contribution in [1.29, 1.82) is 5.26 Å². The number of carbonyl (C=O) groups is 1. The van der Waals surface area contributed by atoms with Crippen LogP contribution in [0, 0.1) is 11.3 Å². The number of nitrogens with zero attached hydrogens (tertiary/aromatic N) is 2. The number of anilines is 2. The number of fused-ring (bicyclic) bond motifs is 2. The van der Waals surface area contributed by atoms with E-state index in [9.17, 15) is 4.79 Å². The number of benzene rings is 2. The van der Waals surface area contributed by atoms with E-state index in [0.717, 1.165) is 0 Å². The first kappa shape index (κ1) is 11.3. The maximum atomic E-state index is 12.2. The maximum absolute atomic E-state index is 12.2.